The smallest absolute Gasteiger partial charge is 0.0195 e. The van der Waals surface area contributed by atoms with Gasteiger partial charge in [0, 0.05) is 12.6 Å². The highest BCUT2D eigenvalue weighted by Crippen LogP contribution is 2.62. The van der Waals surface area contributed by atoms with Gasteiger partial charge in [-0.3, -0.25) is 0 Å². The highest BCUT2D eigenvalue weighted by molar-refractivity contribution is 5.03. The van der Waals surface area contributed by atoms with E-state index in [2.05, 4.69) is 24.5 Å². The first-order valence-electron chi connectivity index (χ1n) is 7.62. The Kier molecular flexibility index (Phi) is 3.20. The maximum absolute atomic E-state index is 3.73. The fourth-order valence-electron chi connectivity index (χ4n) is 4.64. The van der Waals surface area contributed by atoms with Gasteiger partial charge in [0.05, 0.1) is 0 Å². The number of nitrogens with one attached hydrogen (secondary N) is 2. The van der Waals surface area contributed by atoms with Crippen LogP contribution in [0, 0.1) is 23.2 Å². The second-order valence-corrected chi connectivity index (χ2v) is 7.14. The van der Waals surface area contributed by atoms with Crippen LogP contribution in [-0.4, -0.2) is 25.7 Å². The zero-order chi connectivity index (χ0) is 11.9. The maximum Gasteiger partial charge on any atom is 0.0195 e. The molecule has 1 saturated heterocycles. The summed E-state index contributed by atoms with van der Waals surface area (Å²) in [6, 6.07) is 0.732. The van der Waals surface area contributed by atoms with Crippen molar-refractivity contribution in [1.82, 2.24) is 10.6 Å². The van der Waals surface area contributed by atoms with E-state index in [1.165, 1.54) is 51.7 Å². The molecule has 0 aromatic heterocycles. The molecule has 3 saturated carbocycles. The molecule has 4 rings (SSSR count). The summed E-state index contributed by atoms with van der Waals surface area (Å²) < 4.78 is 0. The molecule has 0 radical (unpaired) electrons. The Hall–Kier alpha value is -0.0800. The Morgan fingerprint density at radius 2 is 2.06 bits per heavy atom. The lowest BCUT2D eigenvalue weighted by molar-refractivity contribution is -0.108. The van der Waals surface area contributed by atoms with Crippen molar-refractivity contribution >= 4 is 0 Å². The molecule has 4 fully saturated rings. The van der Waals surface area contributed by atoms with Crippen molar-refractivity contribution in [2.24, 2.45) is 23.2 Å². The Balaban J connectivity index is 1.57. The van der Waals surface area contributed by atoms with Crippen LogP contribution in [0.25, 0.3) is 0 Å². The summed E-state index contributed by atoms with van der Waals surface area (Å²) in [6.45, 7) is 8.62. The predicted molar refractivity (Wildman–Crippen MR) is 72.0 cm³/mol. The summed E-state index contributed by atoms with van der Waals surface area (Å²) in [4.78, 5) is 0. The van der Waals surface area contributed by atoms with E-state index in [1.54, 1.807) is 0 Å². The molecule has 2 N–H and O–H groups in total. The standard InChI is InChI=1S/C15H28N2/c1-15(2)12-5-4-11(14(15)9-12)8-13-10-16-6-3-7-17-13/h11-14,16-17H,3-10H2,1-2H3. The van der Waals surface area contributed by atoms with Crippen molar-refractivity contribution < 1.29 is 0 Å². The third-order valence-electron chi connectivity index (χ3n) is 5.94. The molecule has 0 amide bonds. The molecule has 2 nitrogen and oxygen atoms in total. The molecule has 1 heterocycles. The second kappa shape index (κ2) is 4.55. The molecule has 2 bridgehead atoms. The quantitative estimate of drug-likeness (QED) is 0.769. The average molecular weight is 236 g/mol. The Labute approximate surface area is 106 Å². The molecule has 0 spiro atoms. The first-order chi connectivity index (χ1) is 8.18. The van der Waals surface area contributed by atoms with E-state index in [1.807, 2.05) is 0 Å². The SMILES string of the molecule is CC1(C)C2CCC(CC3CNCCCN3)C1C2. The largest absolute Gasteiger partial charge is 0.315 e. The minimum Gasteiger partial charge on any atom is -0.315 e. The molecule has 2 heteroatoms. The van der Waals surface area contributed by atoms with Crippen LogP contribution < -0.4 is 10.6 Å². The van der Waals surface area contributed by atoms with Crippen molar-refractivity contribution in [2.75, 3.05) is 19.6 Å². The van der Waals surface area contributed by atoms with Gasteiger partial charge in [-0.05, 0) is 68.4 Å². The van der Waals surface area contributed by atoms with Gasteiger partial charge in [0.2, 0.25) is 0 Å². The van der Waals surface area contributed by atoms with Gasteiger partial charge in [0.1, 0.15) is 0 Å². The summed E-state index contributed by atoms with van der Waals surface area (Å²) in [5.41, 5.74) is 0.654. The lowest BCUT2D eigenvalue weighted by atomic mass is 9.45. The summed E-state index contributed by atoms with van der Waals surface area (Å²) in [6.07, 6.45) is 7.22. The second-order valence-electron chi connectivity index (χ2n) is 7.14. The van der Waals surface area contributed by atoms with Gasteiger partial charge in [-0.2, -0.15) is 0 Å². The van der Waals surface area contributed by atoms with Crippen molar-refractivity contribution in [3.63, 3.8) is 0 Å². The molecule has 4 unspecified atom stereocenters. The van der Waals surface area contributed by atoms with Gasteiger partial charge in [0.25, 0.3) is 0 Å². The first kappa shape index (κ1) is 12.0. The summed E-state index contributed by atoms with van der Waals surface area (Å²) >= 11 is 0. The van der Waals surface area contributed by atoms with Crippen LogP contribution in [0.2, 0.25) is 0 Å². The maximum atomic E-state index is 3.73. The molecule has 0 aromatic carbocycles. The van der Waals surface area contributed by atoms with Crippen LogP contribution >= 0.6 is 0 Å². The normalized spacial score (nSPS) is 44.8. The Bertz CT molecular complexity index is 264. The van der Waals surface area contributed by atoms with Gasteiger partial charge in [-0.15, -0.1) is 0 Å². The average Bonchev–Trinajstić information content (AvgIpc) is 2.57. The highest BCUT2D eigenvalue weighted by atomic mass is 15.0. The van der Waals surface area contributed by atoms with Crippen molar-refractivity contribution in [2.45, 2.75) is 52.0 Å². The fourth-order valence-corrected chi connectivity index (χ4v) is 4.64. The van der Waals surface area contributed by atoms with Crippen LogP contribution in [0.1, 0.15) is 46.0 Å². The Morgan fingerprint density at radius 3 is 2.82 bits per heavy atom. The molecule has 3 aliphatic carbocycles. The van der Waals surface area contributed by atoms with E-state index >= 15 is 0 Å². The van der Waals surface area contributed by atoms with Gasteiger partial charge in [-0.1, -0.05) is 13.8 Å². The van der Waals surface area contributed by atoms with Crippen LogP contribution in [0.3, 0.4) is 0 Å². The molecule has 4 atom stereocenters. The fraction of sp³-hybridized carbons (Fsp3) is 1.00. The van der Waals surface area contributed by atoms with Crippen LogP contribution in [-0.2, 0) is 0 Å². The van der Waals surface area contributed by atoms with Crippen molar-refractivity contribution in [1.29, 1.82) is 0 Å². The van der Waals surface area contributed by atoms with E-state index in [0.717, 1.165) is 23.8 Å². The van der Waals surface area contributed by atoms with Gasteiger partial charge >= 0.3 is 0 Å². The Morgan fingerprint density at radius 1 is 1.18 bits per heavy atom. The van der Waals surface area contributed by atoms with Crippen LogP contribution in [0.15, 0.2) is 0 Å². The third-order valence-corrected chi connectivity index (χ3v) is 5.94. The summed E-state index contributed by atoms with van der Waals surface area (Å²) in [5.74, 6) is 3.06. The molecular weight excluding hydrogens is 208 g/mol. The molecular formula is C15H28N2. The number of rotatable bonds is 2. The van der Waals surface area contributed by atoms with Crippen LogP contribution in [0.5, 0.6) is 0 Å². The molecule has 4 aliphatic rings. The van der Waals surface area contributed by atoms with E-state index in [4.69, 9.17) is 0 Å². The number of hydrogen-bond acceptors (Lipinski definition) is 2. The summed E-state index contributed by atoms with van der Waals surface area (Å²) in [7, 11) is 0. The third kappa shape index (κ3) is 2.15. The van der Waals surface area contributed by atoms with E-state index < -0.39 is 0 Å². The van der Waals surface area contributed by atoms with Crippen molar-refractivity contribution in [3.8, 4) is 0 Å². The zero-order valence-corrected chi connectivity index (χ0v) is 11.5. The molecule has 0 aromatic rings. The molecule has 98 valence electrons. The number of hydrogen-bond donors (Lipinski definition) is 2. The minimum atomic E-state index is 0.654. The molecule has 17 heavy (non-hydrogen) atoms. The van der Waals surface area contributed by atoms with Gasteiger partial charge < -0.3 is 10.6 Å². The zero-order valence-electron chi connectivity index (χ0n) is 11.5. The number of fused-ring (bicyclic) bond motifs is 2. The first-order valence-corrected chi connectivity index (χ1v) is 7.62. The lowest BCUT2D eigenvalue weighted by Gasteiger charge is -2.60. The monoisotopic (exact) mass is 236 g/mol. The lowest BCUT2D eigenvalue weighted by Crippen LogP contribution is -2.53. The predicted octanol–water partition coefficient (Wildman–Crippen LogP) is 2.40. The van der Waals surface area contributed by atoms with Crippen LogP contribution in [0.4, 0.5) is 0 Å². The van der Waals surface area contributed by atoms with Gasteiger partial charge in [0.15, 0.2) is 0 Å². The van der Waals surface area contributed by atoms with E-state index in [0.29, 0.717) is 5.41 Å². The minimum absolute atomic E-state index is 0.654. The van der Waals surface area contributed by atoms with E-state index in [9.17, 15) is 0 Å². The topological polar surface area (TPSA) is 24.1 Å². The highest BCUT2D eigenvalue weighted by Gasteiger charge is 2.54. The molecule has 1 aliphatic heterocycles. The summed E-state index contributed by atoms with van der Waals surface area (Å²) in [5, 5.41) is 7.30. The van der Waals surface area contributed by atoms with Crippen molar-refractivity contribution in [3.05, 3.63) is 0 Å². The van der Waals surface area contributed by atoms with Gasteiger partial charge in [-0.25, -0.2) is 0 Å². The van der Waals surface area contributed by atoms with E-state index in [-0.39, 0.29) is 0 Å².